The van der Waals surface area contributed by atoms with Crippen LogP contribution in [0.4, 0.5) is 5.69 Å². The minimum atomic E-state index is -0.584. The number of hydrogen-bond donors (Lipinski definition) is 0. The van der Waals surface area contributed by atoms with Crippen LogP contribution in [-0.2, 0) is 20.9 Å². The summed E-state index contributed by atoms with van der Waals surface area (Å²) in [6, 6.07) is 11.4. The summed E-state index contributed by atoms with van der Waals surface area (Å²) in [5, 5.41) is 0.824. The Morgan fingerprint density at radius 1 is 0.966 bits per heavy atom. The quantitative estimate of drug-likeness (QED) is 0.502. The highest BCUT2D eigenvalue weighted by Crippen LogP contribution is 2.40. The zero-order valence-corrected chi connectivity index (χ0v) is 17.1. The van der Waals surface area contributed by atoms with E-state index in [-0.39, 0.29) is 35.8 Å². The highest BCUT2D eigenvalue weighted by molar-refractivity contribution is 6.36. The molecule has 2 aliphatic rings. The van der Waals surface area contributed by atoms with Crippen LogP contribution in [0.25, 0.3) is 0 Å². The third-order valence-corrected chi connectivity index (χ3v) is 6.30. The average molecular weight is 432 g/mol. The highest BCUT2D eigenvalue weighted by atomic mass is 35.5. The Morgan fingerprint density at radius 3 is 2.17 bits per heavy atom. The Hall–Kier alpha value is -2.37. The fourth-order valence-electron chi connectivity index (χ4n) is 4.08. The van der Waals surface area contributed by atoms with Crippen LogP contribution in [0.1, 0.15) is 41.6 Å². The van der Waals surface area contributed by atoms with Crippen molar-refractivity contribution in [2.75, 3.05) is 4.90 Å². The molecule has 0 aromatic heterocycles. The van der Waals surface area contributed by atoms with Gasteiger partial charge in [-0.2, -0.15) is 0 Å². The molecule has 2 amide bonds. The van der Waals surface area contributed by atoms with Gasteiger partial charge >= 0.3 is 5.97 Å². The van der Waals surface area contributed by atoms with Gasteiger partial charge in [0.05, 0.1) is 23.1 Å². The monoisotopic (exact) mass is 431 g/mol. The molecule has 0 unspecified atom stereocenters. The van der Waals surface area contributed by atoms with Gasteiger partial charge in [0.25, 0.3) is 0 Å². The molecule has 1 saturated heterocycles. The second-order valence-corrected chi connectivity index (χ2v) is 8.15. The summed E-state index contributed by atoms with van der Waals surface area (Å²) >= 11 is 12.2. The van der Waals surface area contributed by atoms with Crippen molar-refractivity contribution in [3.05, 3.63) is 63.6 Å². The van der Waals surface area contributed by atoms with E-state index in [1.54, 1.807) is 36.4 Å². The van der Waals surface area contributed by atoms with Gasteiger partial charge in [0.15, 0.2) is 0 Å². The van der Waals surface area contributed by atoms with Crippen molar-refractivity contribution in [3.63, 3.8) is 0 Å². The first-order valence-corrected chi connectivity index (χ1v) is 10.3. The van der Waals surface area contributed by atoms with Crippen LogP contribution in [-0.4, -0.2) is 17.8 Å². The maximum atomic E-state index is 12.8. The van der Waals surface area contributed by atoms with Crippen LogP contribution in [0.2, 0.25) is 10.0 Å². The van der Waals surface area contributed by atoms with Gasteiger partial charge in [-0.15, -0.1) is 0 Å². The van der Waals surface area contributed by atoms with Crippen LogP contribution in [0.15, 0.2) is 42.5 Å². The van der Waals surface area contributed by atoms with Crippen LogP contribution < -0.4 is 4.90 Å². The minimum Gasteiger partial charge on any atom is -0.457 e. The predicted molar refractivity (Wildman–Crippen MR) is 110 cm³/mol. The van der Waals surface area contributed by atoms with Gasteiger partial charge in [-0.05, 0) is 43.2 Å². The van der Waals surface area contributed by atoms with Crippen LogP contribution in [0.3, 0.4) is 0 Å². The van der Waals surface area contributed by atoms with E-state index >= 15 is 0 Å². The molecule has 0 spiro atoms. The number of nitrogens with zero attached hydrogens (tertiary/aromatic N) is 1. The number of halogens is 2. The Morgan fingerprint density at radius 2 is 1.55 bits per heavy atom. The lowest BCUT2D eigenvalue weighted by Crippen LogP contribution is -2.31. The molecule has 5 nitrogen and oxygen atoms in total. The summed E-state index contributed by atoms with van der Waals surface area (Å²) < 4.78 is 5.35. The van der Waals surface area contributed by atoms with Crippen LogP contribution in [0, 0.1) is 11.8 Å². The van der Waals surface area contributed by atoms with Gasteiger partial charge < -0.3 is 4.74 Å². The molecular formula is C22H19Cl2NO4. The van der Waals surface area contributed by atoms with Gasteiger partial charge in [-0.1, -0.05) is 48.2 Å². The van der Waals surface area contributed by atoms with Crippen molar-refractivity contribution in [3.8, 4) is 0 Å². The molecule has 2 fully saturated rings. The van der Waals surface area contributed by atoms with Crippen molar-refractivity contribution >= 4 is 46.7 Å². The van der Waals surface area contributed by atoms with Crippen molar-refractivity contribution in [2.24, 2.45) is 11.8 Å². The van der Waals surface area contributed by atoms with E-state index in [1.165, 1.54) is 11.0 Å². The predicted octanol–water partition coefficient (Wildman–Crippen LogP) is 5.03. The second kappa shape index (κ2) is 8.17. The lowest BCUT2D eigenvalue weighted by atomic mass is 9.81. The molecule has 1 aliphatic heterocycles. The van der Waals surface area contributed by atoms with E-state index in [4.69, 9.17) is 27.9 Å². The largest absolute Gasteiger partial charge is 0.457 e. The van der Waals surface area contributed by atoms with E-state index in [0.29, 0.717) is 21.3 Å². The SMILES string of the molecule is O=C(OCc1c(Cl)cccc1Cl)c1cccc(N2C(=O)[C@H]3CCCC[C@@H]3C2=O)c1. The Bertz CT molecular complexity index is 946. The molecule has 4 rings (SSSR count). The molecule has 29 heavy (non-hydrogen) atoms. The maximum absolute atomic E-state index is 12.8. The summed E-state index contributed by atoms with van der Waals surface area (Å²) in [6.45, 7) is -0.0761. The van der Waals surface area contributed by atoms with E-state index < -0.39 is 5.97 Å². The molecule has 150 valence electrons. The zero-order chi connectivity index (χ0) is 20.5. The number of carbonyl (C=O) groups excluding carboxylic acids is 3. The van der Waals surface area contributed by atoms with E-state index in [0.717, 1.165) is 25.7 Å². The van der Waals surface area contributed by atoms with Gasteiger partial charge in [0, 0.05) is 15.6 Å². The molecule has 0 N–H and O–H groups in total. The molecule has 1 heterocycles. The number of carbonyl (C=O) groups is 3. The normalized spacial score (nSPS) is 21.2. The average Bonchev–Trinajstić information content (AvgIpc) is 2.98. The van der Waals surface area contributed by atoms with Crippen molar-refractivity contribution < 1.29 is 19.1 Å². The number of benzene rings is 2. The van der Waals surface area contributed by atoms with Crippen LogP contribution >= 0.6 is 23.2 Å². The first-order valence-electron chi connectivity index (χ1n) is 9.55. The molecule has 1 saturated carbocycles. The Labute approximate surface area is 178 Å². The van der Waals surface area contributed by atoms with Crippen molar-refractivity contribution in [1.82, 2.24) is 0 Å². The Kier molecular flexibility index (Phi) is 5.61. The molecule has 0 radical (unpaired) electrons. The first kappa shape index (κ1) is 19.9. The molecule has 0 bridgehead atoms. The van der Waals surface area contributed by atoms with E-state index in [1.807, 2.05) is 0 Å². The summed E-state index contributed by atoms with van der Waals surface area (Å²) in [5.41, 5.74) is 1.18. The number of fused-ring (bicyclic) bond motifs is 1. The third-order valence-electron chi connectivity index (χ3n) is 5.59. The molecule has 2 atom stereocenters. The number of hydrogen-bond acceptors (Lipinski definition) is 4. The molecular weight excluding hydrogens is 413 g/mol. The number of rotatable bonds is 4. The smallest absolute Gasteiger partial charge is 0.338 e. The molecule has 2 aromatic rings. The summed E-state index contributed by atoms with van der Waals surface area (Å²) in [6.07, 6.45) is 3.41. The number of anilines is 1. The first-order chi connectivity index (χ1) is 14.0. The standard InChI is InChI=1S/C22H19Cl2NO4/c23-18-9-4-10-19(24)17(18)12-29-22(28)13-5-3-6-14(11-13)25-20(26)15-7-1-2-8-16(15)21(25)27/h3-6,9-11,15-16H,1-2,7-8,12H2/t15-,16-/m0/s1. The van der Waals surface area contributed by atoms with E-state index in [9.17, 15) is 14.4 Å². The second-order valence-electron chi connectivity index (χ2n) is 7.34. The zero-order valence-electron chi connectivity index (χ0n) is 15.6. The number of esters is 1. The summed E-state index contributed by atoms with van der Waals surface area (Å²) in [5.74, 6) is -1.41. The van der Waals surface area contributed by atoms with Crippen molar-refractivity contribution in [1.29, 1.82) is 0 Å². The fourth-order valence-corrected chi connectivity index (χ4v) is 4.59. The van der Waals surface area contributed by atoms with E-state index in [2.05, 4.69) is 0 Å². The Balaban J connectivity index is 1.52. The minimum absolute atomic E-state index is 0.0761. The summed E-state index contributed by atoms with van der Waals surface area (Å²) in [4.78, 5) is 39.3. The topological polar surface area (TPSA) is 63.7 Å². The maximum Gasteiger partial charge on any atom is 0.338 e. The molecule has 7 heteroatoms. The fraction of sp³-hybridized carbons (Fsp3) is 0.318. The highest BCUT2D eigenvalue weighted by Gasteiger charge is 2.48. The summed E-state index contributed by atoms with van der Waals surface area (Å²) in [7, 11) is 0. The van der Waals surface area contributed by atoms with Gasteiger partial charge in [0.2, 0.25) is 11.8 Å². The lowest BCUT2D eigenvalue weighted by molar-refractivity contribution is -0.122. The van der Waals surface area contributed by atoms with Crippen molar-refractivity contribution in [2.45, 2.75) is 32.3 Å². The molecule has 1 aliphatic carbocycles. The molecule has 2 aromatic carbocycles. The van der Waals surface area contributed by atoms with Gasteiger partial charge in [-0.3, -0.25) is 14.5 Å². The number of amides is 2. The van der Waals surface area contributed by atoms with Gasteiger partial charge in [-0.25, -0.2) is 4.79 Å². The number of imide groups is 1. The number of ether oxygens (including phenoxy) is 1. The lowest BCUT2D eigenvalue weighted by Gasteiger charge is -2.19. The third kappa shape index (κ3) is 3.77. The van der Waals surface area contributed by atoms with Crippen LogP contribution in [0.5, 0.6) is 0 Å². The van der Waals surface area contributed by atoms with Gasteiger partial charge in [0.1, 0.15) is 6.61 Å².